The third-order valence-electron chi connectivity index (χ3n) is 14.9. The number of fused-ring (bicyclic) bond motifs is 3. The molecule has 9 heteroatoms. The van der Waals surface area contributed by atoms with E-state index < -0.39 is 19.0 Å². The van der Waals surface area contributed by atoms with Gasteiger partial charge in [-0.25, -0.2) is 4.57 Å². The van der Waals surface area contributed by atoms with Crippen LogP contribution < -0.4 is 9.26 Å². The molecule has 6 aliphatic carbocycles. The molecule has 2 aliphatic heterocycles. The molecule has 10 rings (SSSR count). The number of piperidine rings is 1. The zero-order valence-corrected chi connectivity index (χ0v) is 31.3. The van der Waals surface area contributed by atoms with Gasteiger partial charge in [-0.05, 0) is 112 Å². The molecule has 2 spiro atoms. The molecule has 8 aliphatic rings. The second-order valence-electron chi connectivity index (χ2n) is 17.9. The normalized spacial score (nSPS) is 36.1. The van der Waals surface area contributed by atoms with Gasteiger partial charge in [0.1, 0.15) is 11.7 Å². The van der Waals surface area contributed by atoms with Crippen molar-refractivity contribution in [1.82, 2.24) is 4.90 Å². The van der Waals surface area contributed by atoms with E-state index in [1.54, 1.807) is 7.11 Å². The largest absolute Gasteiger partial charge is 0.527 e. The highest BCUT2D eigenvalue weighted by Crippen LogP contribution is 2.78. The Morgan fingerprint density at radius 1 is 1.04 bits per heavy atom. The molecular weight excluding hydrogens is 649 g/mol. The number of hydrogen-bond acceptors (Lipinski definition) is 7. The number of aliphatic hydroxyl groups is 1. The van der Waals surface area contributed by atoms with E-state index in [4.69, 9.17) is 18.5 Å². The van der Waals surface area contributed by atoms with Crippen LogP contribution in [0.4, 0.5) is 0 Å². The number of phosphoric ester groups is 1. The lowest BCUT2D eigenvalue weighted by molar-refractivity contribution is -0.312. The lowest BCUT2D eigenvalue weighted by Gasteiger charge is -2.75. The first kappa shape index (κ1) is 33.6. The van der Waals surface area contributed by atoms with E-state index >= 15 is 0 Å². The first-order chi connectivity index (χ1) is 23.7. The Balaban J connectivity index is 1.06. The maximum absolute atomic E-state index is 13.6. The van der Waals surface area contributed by atoms with Crippen molar-refractivity contribution in [2.75, 3.05) is 26.8 Å². The van der Waals surface area contributed by atoms with Crippen LogP contribution in [-0.4, -0.2) is 65.1 Å². The zero-order valence-electron chi connectivity index (χ0n) is 30.4. The van der Waals surface area contributed by atoms with Crippen molar-refractivity contribution in [3.8, 4) is 11.5 Å². The Bertz CT molecular complexity index is 1790. The number of phosphoric acid groups is 1. The van der Waals surface area contributed by atoms with Crippen LogP contribution in [-0.2, 0) is 38.5 Å². The average Bonchev–Trinajstić information content (AvgIpc) is 3.82. The first-order valence-corrected chi connectivity index (χ1v) is 20.5. The monoisotopic (exact) mass is 703 g/mol. The highest BCUT2D eigenvalue weighted by Gasteiger charge is 2.82. The van der Waals surface area contributed by atoms with Gasteiger partial charge in [0.15, 0.2) is 11.5 Å². The summed E-state index contributed by atoms with van der Waals surface area (Å²) in [5.74, 6) is 1.48. The van der Waals surface area contributed by atoms with E-state index in [0.29, 0.717) is 18.2 Å². The minimum Gasteiger partial charge on any atom is -0.482 e. The number of allylic oxidation sites excluding steroid dienone is 1. The van der Waals surface area contributed by atoms with Gasteiger partial charge in [0, 0.05) is 42.0 Å². The van der Waals surface area contributed by atoms with Crippen LogP contribution in [0.3, 0.4) is 0 Å². The third kappa shape index (κ3) is 4.64. The molecule has 8 atom stereocenters. The quantitative estimate of drug-likeness (QED) is 0.196. The highest BCUT2D eigenvalue weighted by molar-refractivity contribution is 7.47. The number of likely N-dealkylation sites (tertiary alicyclic amines) is 1. The van der Waals surface area contributed by atoms with Gasteiger partial charge in [-0.15, -0.1) is 0 Å². The van der Waals surface area contributed by atoms with Crippen molar-refractivity contribution >= 4 is 7.82 Å². The molecule has 1 saturated heterocycles. The van der Waals surface area contributed by atoms with Crippen molar-refractivity contribution in [3.63, 3.8) is 0 Å². The molecule has 2 aromatic carbocycles. The minimum atomic E-state index is -4.47. The lowest BCUT2D eigenvalue weighted by Crippen LogP contribution is -2.83. The maximum atomic E-state index is 13.6. The van der Waals surface area contributed by atoms with E-state index in [0.717, 1.165) is 69.5 Å². The molecule has 5 fully saturated rings. The van der Waals surface area contributed by atoms with Crippen LogP contribution >= 0.6 is 7.82 Å². The Kier molecular flexibility index (Phi) is 7.51. The van der Waals surface area contributed by atoms with Gasteiger partial charge in [-0.3, -0.25) is 14.3 Å². The molecule has 2 aromatic rings. The van der Waals surface area contributed by atoms with Crippen molar-refractivity contribution in [3.05, 3.63) is 70.3 Å². The van der Waals surface area contributed by atoms with Gasteiger partial charge in [0.25, 0.3) is 0 Å². The summed E-state index contributed by atoms with van der Waals surface area (Å²) >= 11 is 0. The second-order valence-corrected chi connectivity index (χ2v) is 19.3. The van der Waals surface area contributed by atoms with Gasteiger partial charge >= 0.3 is 7.82 Å². The van der Waals surface area contributed by atoms with Gasteiger partial charge in [-0.2, -0.15) is 0 Å². The molecule has 0 radical (unpaired) electrons. The summed E-state index contributed by atoms with van der Waals surface area (Å²) in [5.41, 5.74) is 3.67. The fraction of sp³-hybridized carbons (Fsp3) is 0.659. The van der Waals surface area contributed by atoms with E-state index in [9.17, 15) is 14.6 Å². The smallest absolute Gasteiger partial charge is 0.482 e. The van der Waals surface area contributed by atoms with Gasteiger partial charge in [-0.1, -0.05) is 62.8 Å². The molecule has 50 heavy (non-hydrogen) atoms. The van der Waals surface area contributed by atoms with E-state index in [-0.39, 0.29) is 40.6 Å². The van der Waals surface area contributed by atoms with Crippen molar-refractivity contribution < 1.29 is 33.1 Å². The number of hydrogen-bond donors (Lipinski definition) is 2. The van der Waals surface area contributed by atoms with E-state index in [2.05, 4.69) is 62.1 Å². The predicted molar refractivity (Wildman–Crippen MR) is 191 cm³/mol. The molecule has 0 amide bonds. The van der Waals surface area contributed by atoms with Crippen LogP contribution in [0.2, 0.25) is 0 Å². The molecule has 4 bridgehead atoms. The summed E-state index contributed by atoms with van der Waals surface area (Å²) in [6.07, 6.45) is 11.3. The second kappa shape index (κ2) is 11.2. The van der Waals surface area contributed by atoms with Crippen molar-refractivity contribution in [2.24, 2.45) is 22.7 Å². The molecule has 2 N–H and O–H groups in total. The van der Waals surface area contributed by atoms with Gasteiger partial charge in [0.2, 0.25) is 0 Å². The fourth-order valence-electron chi connectivity index (χ4n) is 11.8. The number of rotatable bonds is 10. The SMILES string of the molecule is COC12CCC3(CC1C(C)(O)C(C)(C)C)C1Cc4ccc(OP(=O)(O)OCCC5=CCc6ccccc6C5)c5c4C3(CCN1CC1CC1)C2O5. The summed E-state index contributed by atoms with van der Waals surface area (Å²) in [6, 6.07) is 12.7. The van der Waals surface area contributed by atoms with Crippen molar-refractivity contribution in [2.45, 2.75) is 121 Å². The molecule has 8 nitrogen and oxygen atoms in total. The predicted octanol–water partition coefficient (Wildman–Crippen LogP) is 7.32. The number of ether oxygens (including phenoxy) is 2. The van der Waals surface area contributed by atoms with Gasteiger partial charge < -0.3 is 19.1 Å². The highest BCUT2D eigenvalue weighted by atomic mass is 31.2. The summed E-state index contributed by atoms with van der Waals surface area (Å²) in [7, 11) is -2.67. The first-order valence-electron chi connectivity index (χ1n) is 19.0. The van der Waals surface area contributed by atoms with Crippen LogP contribution in [0.15, 0.2) is 48.0 Å². The Hall–Kier alpha value is -2.19. The van der Waals surface area contributed by atoms with E-state index in [1.807, 2.05) is 13.0 Å². The summed E-state index contributed by atoms with van der Waals surface area (Å²) in [4.78, 5) is 13.9. The Morgan fingerprint density at radius 2 is 1.82 bits per heavy atom. The molecular formula is C41H54NO7P. The molecule has 8 unspecified atom stereocenters. The van der Waals surface area contributed by atoms with E-state index in [1.165, 1.54) is 35.1 Å². The number of nitrogens with zero attached hydrogens (tertiary/aromatic N) is 1. The number of methoxy groups -OCH3 is 1. The van der Waals surface area contributed by atoms with Crippen LogP contribution in [0.25, 0.3) is 0 Å². The summed E-state index contributed by atoms with van der Waals surface area (Å²) in [5, 5.41) is 12.5. The fourth-order valence-corrected chi connectivity index (χ4v) is 12.5. The Morgan fingerprint density at radius 3 is 2.56 bits per heavy atom. The van der Waals surface area contributed by atoms with Crippen molar-refractivity contribution in [1.29, 1.82) is 0 Å². The van der Waals surface area contributed by atoms with Gasteiger partial charge in [0.05, 0.1) is 12.2 Å². The molecule has 2 heterocycles. The third-order valence-corrected chi connectivity index (χ3v) is 15.8. The summed E-state index contributed by atoms with van der Waals surface area (Å²) in [6.45, 7) is 10.6. The lowest BCUT2D eigenvalue weighted by atomic mass is 9.33. The maximum Gasteiger partial charge on any atom is 0.527 e. The Labute approximate surface area is 297 Å². The molecule has 270 valence electrons. The summed E-state index contributed by atoms with van der Waals surface area (Å²) < 4.78 is 39.1. The van der Waals surface area contributed by atoms with Crippen LogP contribution in [0.1, 0.15) is 94.9 Å². The molecule has 4 saturated carbocycles. The average molecular weight is 704 g/mol. The standard InChI is InChI=1S/C41H54NO7P/c1-37(2,3)38(4,43)32-24-39-17-18-41(32,46-5)36-40(39)19-20-42(25-27-10-11-27)33(39)23-30-14-15-31(35(48-36)34(30)40)49-50(44,45)47-21-16-26-12-13-28-8-6-7-9-29(28)22-26/h6-9,12,14-15,27,32-33,36,43H,10-11,13,16-25H2,1-5H3,(H,44,45). The van der Waals surface area contributed by atoms with Crippen LogP contribution in [0.5, 0.6) is 11.5 Å². The zero-order chi connectivity index (χ0) is 34.9. The number of benzene rings is 2. The molecule has 0 aromatic heterocycles. The van der Waals surface area contributed by atoms with Crippen LogP contribution in [0, 0.1) is 22.7 Å². The topological polar surface area (TPSA) is 97.7 Å². The minimum absolute atomic E-state index is 0.0907.